The van der Waals surface area contributed by atoms with E-state index in [1.165, 1.54) is 0 Å². The van der Waals surface area contributed by atoms with Gasteiger partial charge in [-0.2, -0.15) is 5.06 Å². The van der Waals surface area contributed by atoms with Crippen LogP contribution in [0.3, 0.4) is 0 Å². The Morgan fingerprint density at radius 1 is 1.29 bits per heavy atom. The zero-order valence-electron chi connectivity index (χ0n) is 14.8. The summed E-state index contributed by atoms with van der Waals surface area (Å²) in [7, 11) is 3.24. The van der Waals surface area contributed by atoms with E-state index < -0.39 is 5.41 Å². The van der Waals surface area contributed by atoms with Crippen molar-refractivity contribution in [2.45, 2.75) is 26.3 Å². The molecule has 24 heavy (non-hydrogen) atoms. The number of aliphatic hydroxyl groups is 1. The molecule has 1 N–H and O–H groups in total. The maximum Gasteiger partial charge on any atom is 0.310 e. The second-order valence-corrected chi connectivity index (χ2v) is 6.93. The fourth-order valence-corrected chi connectivity index (χ4v) is 2.74. The molecule has 0 aromatic heterocycles. The van der Waals surface area contributed by atoms with Crippen LogP contribution < -0.4 is 4.74 Å². The quantitative estimate of drug-likeness (QED) is 0.769. The largest absolute Gasteiger partial charge is 0.497 e. The molecule has 0 bridgehead atoms. The summed E-state index contributed by atoms with van der Waals surface area (Å²) in [4.78, 5) is 17.8. The first-order valence-electron chi connectivity index (χ1n) is 8.12. The summed E-state index contributed by atoms with van der Waals surface area (Å²) < 4.78 is 10.6. The highest BCUT2D eigenvalue weighted by Crippen LogP contribution is 2.36. The highest BCUT2D eigenvalue weighted by atomic mass is 16.7. The number of rotatable bonds is 7. The third-order valence-corrected chi connectivity index (χ3v) is 4.36. The molecule has 1 heterocycles. The van der Waals surface area contributed by atoms with Crippen LogP contribution in [-0.2, 0) is 14.4 Å². The van der Waals surface area contributed by atoms with Crippen LogP contribution in [0.25, 0.3) is 0 Å². The summed E-state index contributed by atoms with van der Waals surface area (Å²) in [5.74, 6) is 0.309. The van der Waals surface area contributed by atoms with Crippen LogP contribution >= 0.6 is 0 Å². The summed E-state index contributed by atoms with van der Waals surface area (Å²) >= 11 is 0. The van der Waals surface area contributed by atoms with Gasteiger partial charge in [0.15, 0.2) is 0 Å². The number of aliphatic hydroxyl groups excluding tert-OH is 1. The molecular formula is C18H27NO5. The summed E-state index contributed by atoms with van der Waals surface area (Å²) in [6, 6.07) is 7.78. The maximum atomic E-state index is 12.3. The lowest BCUT2D eigenvalue weighted by Crippen LogP contribution is -2.29. The van der Waals surface area contributed by atoms with Gasteiger partial charge in [0.25, 0.3) is 0 Å². The van der Waals surface area contributed by atoms with E-state index in [2.05, 4.69) is 0 Å². The van der Waals surface area contributed by atoms with E-state index >= 15 is 0 Å². The van der Waals surface area contributed by atoms with Gasteiger partial charge in [-0.3, -0.25) is 4.79 Å². The van der Waals surface area contributed by atoms with Gasteiger partial charge in [0.1, 0.15) is 5.75 Å². The Morgan fingerprint density at radius 2 is 1.96 bits per heavy atom. The van der Waals surface area contributed by atoms with Crippen LogP contribution in [0, 0.1) is 11.3 Å². The summed E-state index contributed by atoms with van der Waals surface area (Å²) in [6.45, 7) is 4.39. The van der Waals surface area contributed by atoms with Crippen LogP contribution in [0.5, 0.6) is 5.75 Å². The number of carbonyl (C=O) groups excluding carboxylic acids is 1. The van der Waals surface area contributed by atoms with Gasteiger partial charge in [-0.15, -0.1) is 0 Å². The number of hydrogen-bond donors (Lipinski definition) is 1. The maximum absolute atomic E-state index is 12.3. The zero-order valence-corrected chi connectivity index (χ0v) is 14.8. The van der Waals surface area contributed by atoms with Crippen molar-refractivity contribution in [3.8, 4) is 5.75 Å². The van der Waals surface area contributed by atoms with Crippen molar-refractivity contribution in [1.29, 1.82) is 0 Å². The molecule has 1 aliphatic rings. The van der Waals surface area contributed by atoms with Crippen molar-refractivity contribution in [3.63, 3.8) is 0 Å². The van der Waals surface area contributed by atoms with Gasteiger partial charge in [0.2, 0.25) is 0 Å². The Bertz CT molecular complexity index is 543. The molecule has 134 valence electrons. The molecule has 0 radical (unpaired) electrons. The standard InChI is InChI=1S/C18H27NO5/c1-18(2,11-20)12-24-17(21)14-9-16(19(10-14)23-4)13-5-7-15(22-3)8-6-13/h5-8,14,16,20H,9-12H2,1-4H3. The van der Waals surface area contributed by atoms with Crippen LogP contribution in [0.1, 0.15) is 31.9 Å². The second kappa shape index (κ2) is 7.96. The van der Waals surface area contributed by atoms with Crippen LogP contribution in [0.4, 0.5) is 0 Å². The highest BCUT2D eigenvalue weighted by molar-refractivity contribution is 5.73. The summed E-state index contributed by atoms with van der Waals surface area (Å²) in [5.41, 5.74) is 0.647. The predicted molar refractivity (Wildman–Crippen MR) is 89.4 cm³/mol. The molecule has 2 unspecified atom stereocenters. The van der Waals surface area contributed by atoms with Gasteiger partial charge < -0.3 is 19.4 Å². The van der Waals surface area contributed by atoms with Crippen LogP contribution in [0.2, 0.25) is 0 Å². The lowest BCUT2D eigenvalue weighted by Gasteiger charge is -2.22. The number of carbonyl (C=O) groups is 1. The Labute approximate surface area is 143 Å². The minimum Gasteiger partial charge on any atom is -0.497 e. The average Bonchev–Trinajstić information content (AvgIpc) is 3.04. The Morgan fingerprint density at radius 3 is 2.50 bits per heavy atom. The molecule has 6 heteroatoms. The summed E-state index contributed by atoms with van der Waals surface area (Å²) in [5, 5.41) is 11.1. The first-order chi connectivity index (χ1) is 11.4. The Kier molecular flexibility index (Phi) is 6.21. The van der Waals surface area contributed by atoms with E-state index in [1.54, 1.807) is 14.2 Å². The van der Waals surface area contributed by atoms with Gasteiger partial charge in [-0.1, -0.05) is 26.0 Å². The van der Waals surface area contributed by atoms with Crippen molar-refractivity contribution >= 4 is 5.97 Å². The van der Waals surface area contributed by atoms with E-state index in [9.17, 15) is 9.90 Å². The molecule has 6 nitrogen and oxygen atoms in total. The topological polar surface area (TPSA) is 68.2 Å². The lowest BCUT2D eigenvalue weighted by molar-refractivity contribution is -0.158. The number of benzene rings is 1. The van der Waals surface area contributed by atoms with Gasteiger partial charge in [-0.25, -0.2) is 0 Å². The second-order valence-electron chi connectivity index (χ2n) is 6.93. The predicted octanol–water partition coefficient (Wildman–Crippen LogP) is 2.18. The highest BCUT2D eigenvalue weighted by Gasteiger charge is 2.38. The van der Waals surface area contributed by atoms with Crippen molar-refractivity contribution in [2.75, 3.05) is 34.0 Å². The normalized spacial score (nSPS) is 21.7. The molecule has 1 aromatic rings. The van der Waals surface area contributed by atoms with Crippen molar-refractivity contribution < 1.29 is 24.2 Å². The molecule has 0 spiro atoms. The number of esters is 1. The fourth-order valence-electron chi connectivity index (χ4n) is 2.74. The molecule has 1 fully saturated rings. The van der Waals surface area contributed by atoms with Crippen LogP contribution in [0.15, 0.2) is 24.3 Å². The molecule has 0 aliphatic carbocycles. The van der Waals surface area contributed by atoms with Gasteiger partial charge >= 0.3 is 5.97 Å². The van der Waals surface area contributed by atoms with Crippen molar-refractivity contribution in [1.82, 2.24) is 5.06 Å². The van der Waals surface area contributed by atoms with E-state index in [0.717, 1.165) is 11.3 Å². The minimum atomic E-state index is -0.426. The number of hydroxylamine groups is 2. The summed E-state index contributed by atoms with van der Waals surface area (Å²) in [6.07, 6.45) is 0.637. The molecule has 1 aromatic carbocycles. The molecule has 0 amide bonds. The molecule has 0 saturated carbocycles. The lowest BCUT2D eigenvalue weighted by atomic mass is 9.96. The van der Waals surface area contributed by atoms with Crippen molar-refractivity contribution in [3.05, 3.63) is 29.8 Å². The average molecular weight is 337 g/mol. The minimum absolute atomic E-state index is 0.00399. The first-order valence-corrected chi connectivity index (χ1v) is 8.12. The van der Waals surface area contributed by atoms with E-state index in [4.69, 9.17) is 14.3 Å². The van der Waals surface area contributed by atoms with E-state index in [1.807, 2.05) is 43.2 Å². The Hall–Kier alpha value is -1.63. The van der Waals surface area contributed by atoms with Crippen molar-refractivity contribution in [2.24, 2.45) is 11.3 Å². The van der Waals surface area contributed by atoms with E-state index in [-0.39, 0.29) is 31.1 Å². The third kappa shape index (κ3) is 4.47. The van der Waals surface area contributed by atoms with Gasteiger partial charge in [-0.05, 0) is 24.1 Å². The van der Waals surface area contributed by atoms with Crippen LogP contribution in [-0.4, -0.2) is 50.1 Å². The number of hydrogen-bond acceptors (Lipinski definition) is 6. The fraction of sp³-hybridized carbons (Fsp3) is 0.611. The Balaban J connectivity index is 2.01. The third-order valence-electron chi connectivity index (χ3n) is 4.36. The number of ether oxygens (including phenoxy) is 2. The van der Waals surface area contributed by atoms with Gasteiger partial charge in [0.05, 0.1) is 39.4 Å². The number of methoxy groups -OCH3 is 1. The molecule has 1 saturated heterocycles. The first kappa shape index (κ1) is 18.7. The number of nitrogens with zero attached hydrogens (tertiary/aromatic N) is 1. The zero-order chi connectivity index (χ0) is 17.7. The molecule has 2 atom stereocenters. The molecule has 1 aliphatic heterocycles. The monoisotopic (exact) mass is 337 g/mol. The molecular weight excluding hydrogens is 310 g/mol. The SMILES string of the molecule is COc1ccc(C2CC(C(=O)OCC(C)(C)CO)CN2OC)cc1. The van der Waals surface area contributed by atoms with Gasteiger partial charge in [0, 0.05) is 12.0 Å². The van der Waals surface area contributed by atoms with E-state index in [0.29, 0.717) is 13.0 Å². The molecule has 2 rings (SSSR count). The smallest absolute Gasteiger partial charge is 0.310 e.